The Morgan fingerprint density at radius 3 is 2.70 bits per heavy atom. The molecule has 1 atom stereocenters. The minimum atomic E-state index is -1.05. The Kier molecular flexibility index (Phi) is 6.81. The van der Waals surface area contributed by atoms with Gasteiger partial charge in [0.25, 0.3) is 0 Å². The number of carbonyl (C=O) groups is 2. The Morgan fingerprint density at radius 2 is 2.15 bits per heavy atom. The normalized spacial score (nSPS) is 11.8. The quantitative estimate of drug-likeness (QED) is 0.718. The van der Waals surface area contributed by atoms with Crippen molar-refractivity contribution >= 4 is 45.2 Å². The van der Waals surface area contributed by atoms with E-state index in [4.69, 9.17) is 16.7 Å². The molecule has 1 rings (SSSR count). The highest BCUT2D eigenvalue weighted by molar-refractivity contribution is 9.10. The van der Waals surface area contributed by atoms with Crippen molar-refractivity contribution in [3.63, 3.8) is 0 Å². The molecule has 3 N–H and O–H groups in total. The first-order valence-corrected chi connectivity index (χ1v) is 7.36. The summed E-state index contributed by atoms with van der Waals surface area (Å²) in [5, 5.41) is 14.4. The number of carboxylic acid groups (broad SMARTS) is 1. The van der Waals surface area contributed by atoms with Crippen molar-refractivity contribution in [2.24, 2.45) is 0 Å². The molecule has 1 aromatic rings. The molecular formula is C13H16BrClN2O3. The summed E-state index contributed by atoms with van der Waals surface area (Å²) < 4.78 is 0.791. The molecule has 0 saturated heterocycles. The molecule has 0 bridgehead atoms. The largest absolute Gasteiger partial charge is 0.480 e. The average Bonchev–Trinajstić information content (AvgIpc) is 2.37. The van der Waals surface area contributed by atoms with Crippen molar-refractivity contribution in [3.8, 4) is 0 Å². The number of aliphatic carboxylic acids is 1. The summed E-state index contributed by atoms with van der Waals surface area (Å²) in [5.41, 5.74) is 0.423. The standard InChI is InChI=1S/C13H16BrClN2O3/c1-2-3-4-11(12(18)19)17-13(20)16-10-6-5-8(14)7-9(10)15/h5-7,11H,2-4H2,1H3,(H,18,19)(H2,16,17,20)/t11-/m0/s1. The number of carbonyl (C=O) groups excluding carboxylic acids is 1. The molecule has 0 spiro atoms. The highest BCUT2D eigenvalue weighted by Crippen LogP contribution is 2.25. The van der Waals surface area contributed by atoms with Crippen molar-refractivity contribution in [3.05, 3.63) is 27.7 Å². The summed E-state index contributed by atoms with van der Waals surface area (Å²) in [4.78, 5) is 22.8. The molecule has 20 heavy (non-hydrogen) atoms. The SMILES string of the molecule is CCCC[C@H](NC(=O)Nc1ccc(Br)cc1Cl)C(=O)O. The summed E-state index contributed by atoms with van der Waals surface area (Å²) in [6, 6.07) is 3.52. The summed E-state index contributed by atoms with van der Waals surface area (Å²) in [6.07, 6.45) is 2.00. The molecule has 0 aliphatic rings. The molecule has 7 heteroatoms. The van der Waals surface area contributed by atoms with Crippen LogP contribution in [0.15, 0.2) is 22.7 Å². The molecule has 0 heterocycles. The zero-order chi connectivity index (χ0) is 15.1. The third-order valence-corrected chi connectivity index (χ3v) is 3.44. The number of urea groups is 1. The Morgan fingerprint density at radius 1 is 1.45 bits per heavy atom. The molecule has 0 saturated carbocycles. The van der Waals surface area contributed by atoms with Crippen molar-refractivity contribution in [1.29, 1.82) is 0 Å². The van der Waals surface area contributed by atoms with Crippen LogP contribution in [0.4, 0.5) is 10.5 Å². The Bertz CT molecular complexity index is 497. The maximum Gasteiger partial charge on any atom is 0.326 e. The number of hydrogen-bond donors (Lipinski definition) is 3. The van der Waals surface area contributed by atoms with Gasteiger partial charge in [-0.25, -0.2) is 9.59 Å². The molecule has 0 aromatic heterocycles. The molecular weight excluding hydrogens is 348 g/mol. The molecule has 1 aromatic carbocycles. The molecule has 2 amide bonds. The van der Waals surface area contributed by atoms with E-state index in [-0.39, 0.29) is 0 Å². The molecule has 110 valence electrons. The predicted octanol–water partition coefficient (Wildman–Crippen LogP) is 3.87. The van der Waals surface area contributed by atoms with E-state index in [1.165, 1.54) is 0 Å². The zero-order valence-electron chi connectivity index (χ0n) is 11.0. The van der Waals surface area contributed by atoms with E-state index in [0.717, 1.165) is 17.3 Å². The summed E-state index contributed by atoms with van der Waals surface area (Å²) in [5.74, 6) is -1.05. The lowest BCUT2D eigenvalue weighted by atomic mass is 10.1. The van der Waals surface area contributed by atoms with Gasteiger partial charge in [0, 0.05) is 4.47 Å². The highest BCUT2D eigenvalue weighted by atomic mass is 79.9. The van der Waals surface area contributed by atoms with Crippen LogP contribution in [0, 0.1) is 0 Å². The Balaban J connectivity index is 2.63. The average molecular weight is 364 g/mol. The lowest BCUT2D eigenvalue weighted by Gasteiger charge is -2.15. The first-order chi connectivity index (χ1) is 9.43. The molecule has 0 unspecified atom stereocenters. The second kappa shape index (κ2) is 8.11. The first-order valence-electron chi connectivity index (χ1n) is 6.19. The van der Waals surface area contributed by atoms with Crippen LogP contribution in [0.5, 0.6) is 0 Å². The van der Waals surface area contributed by atoms with Gasteiger partial charge in [0.1, 0.15) is 6.04 Å². The van der Waals surface area contributed by atoms with E-state index in [1.807, 2.05) is 6.92 Å². The number of anilines is 1. The van der Waals surface area contributed by atoms with Crippen LogP contribution in [0.3, 0.4) is 0 Å². The van der Waals surface area contributed by atoms with E-state index in [1.54, 1.807) is 18.2 Å². The third-order valence-electron chi connectivity index (χ3n) is 2.63. The third kappa shape index (κ3) is 5.38. The smallest absolute Gasteiger partial charge is 0.326 e. The minimum Gasteiger partial charge on any atom is -0.480 e. The van der Waals surface area contributed by atoms with E-state index in [2.05, 4.69) is 26.6 Å². The van der Waals surface area contributed by atoms with E-state index < -0.39 is 18.0 Å². The topological polar surface area (TPSA) is 78.4 Å². The van der Waals surface area contributed by atoms with Gasteiger partial charge in [-0.15, -0.1) is 0 Å². The van der Waals surface area contributed by atoms with Gasteiger partial charge >= 0.3 is 12.0 Å². The fourth-order valence-electron chi connectivity index (χ4n) is 1.57. The van der Waals surface area contributed by atoms with Crippen molar-refractivity contribution in [1.82, 2.24) is 5.32 Å². The first kappa shape index (κ1) is 16.8. The number of carboxylic acids is 1. The molecule has 5 nitrogen and oxygen atoms in total. The monoisotopic (exact) mass is 362 g/mol. The van der Waals surface area contributed by atoms with Gasteiger partial charge in [0.2, 0.25) is 0 Å². The van der Waals surface area contributed by atoms with Crippen LogP contribution in [-0.2, 0) is 4.79 Å². The Hall–Kier alpha value is -1.27. The van der Waals surface area contributed by atoms with E-state index >= 15 is 0 Å². The van der Waals surface area contributed by atoms with Gasteiger partial charge in [-0.3, -0.25) is 0 Å². The van der Waals surface area contributed by atoms with Crippen LogP contribution in [-0.4, -0.2) is 23.1 Å². The second-order valence-corrected chi connectivity index (χ2v) is 5.58. The maximum atomic E-state index is 11.8. The van der Waals surface area contributed by atoms with Gasteiger partial charge < -0.3 is 15.7 Å². The van der Waals surface area contributed by atoms with Crippen LogP contribution < -0.4 is 10.6 Å². The fourth-order valence-corrected chi connectivity index (χ4v) is 2.29. The number of hydrogen-bond acceptors (Lipinski definition) is 2. The molecule has 0 radical (unpaired) electrons. The minimum absolute atomic E-state index is 0.370. The number of amides is 2. The van der Waals surface area contributed by atoms with Gasteiger partial charge in [0.05, 0.1) is 10.7 Å². The lowest BCUT2D eigenvalue weighted by molar-refractivity contribution is -0.139. The van der Waals surface area contributed by atoms with E-state index in [0.29, 0.717) is 17.1 Å². The predicted molar refractivity (Wildman–Crippen MR) is 82.3 cm³/mol. The lowest BCUT2D eigenvalue weighted by Crippen LogP contribution is -2.43. The summed E-state index contributed by atoms with van der Waals surface area (Å²) in [7, 11) is 0. The van der Waals surface area contributed by atoms with Crippen LogP contribution in [0.2, 0.25) is 5.02 Å². The van der Waals surface area contributed by atoms with Crippen LogP contribution >= 0.6 is 27.5 Å². The summed E-state index contributed by atoms with van der Waals surface area (Å²) >= 11 is 9.23. The van der Waals surface area contributed by atoms with E-state index in [9.17, 15) is 9.59 Å². The van der Waals surface area contributed by atoms with Crippen molar-refractivity contribution in [2.45, 2.75) is 32.2 Å². The zero-order valence-corrected chi connectivity index (χ0v) is 13.3. The summed E-state index contributed by atoms with van der Waals surface area (Å²) in [6.45, 7) is 1.96. The second-order valence-electron chi connectivity index (χ2n) is 4.26. The van der Waals surface area contributed by atoms with Gasteiger partial charge in [-0.1, -0.05) is 47.3 Å². The van der Waals surface area contributed by atoms with Crippen LogP contribution in [0.25, 0.3) is 0 Å². The number of nitrogens with one attached hydrogen (secondary N) is 2. The van der Waals surface area contributed by atoms with Gasteiger partial charge in [0.15, 0.2) is 0 Å². The molecule has 0 aliphatic heterocycles. The number of unbranched alkanes of at least 4 members (excludes halogenated alkanes) is 1. The number of benzene rings is 1. The van der Waals surface area contributed by atoms with Crippen molar-refractivity contribution in [2.75, 3.05) is 5.32 Å². The highest BCUT2D eigenvalue weighted by Gasteiger charge is 2.19. The molecule has 0 fully saturated rings. The van der Waals surface area contributed by atoms with Gasteiger partial charge in [-0.2, -0.15) is 0 Å². The Labute approximate surface area is 130 Å². The van der Waals surface area contributed by atoms with Crippen molar-refractivity contribution < 1.29 is 14.7 Å². The molecule has 0 aliphatic carbocycles. The fraction of sp³-hybridized carbons (Fsp3) is 0.385. The maximum absolute atomic E-state index is 11.8. The van der Waals surface area contributed by atoms with Crippen LogP contribution in [0.1, 0.15) is 26.2 Å². The van der Waals surface area contributed by atoms with Gasteiger partial charge in [-0.05, 0) is 24.6 Å². The number of rotatable bonds is 6. The number of halogens is 2.